The number of piperazine rings is 1. The Bertz CT molecular complexity index is 1010. The molecule has 204 valence electrons. The van der Waals surface area contributed by atoms with E-state index in [9.17, 15) is 4.79 Å². The van der Waals surface area contributed by atoms with Gasteiger partial charge in [-0.3, -0.25) is 0 Å². The quantitative estimate of drug-likeness (QED) is 0.233. The monoisotopic (exact) mass is 534 g/mol. The Morgan fingerprint density at radius 1 is 0.789 bits per heavy atom. The third-order valence-electron chi connectivity index (χ3n) is 7.72. The second-order valence-corrected chi connectivity index (χ2v) is 14.2. The van der Waals surface area contributed by atoms with Crippen molar-refractivity contribution in [3.8, 4) is 0 Å². The van der Waals surface area contributed by atoms with Gasteiger partial charge in [0.1, 0.15) is 6.29 Å². The van der Waals surface area contributed by atoms with Crippen molar-refractivity contribution in [3.63, 3.8) is 0 Å². The van der Waals surface area contributed by atoms with Crippen LogP contribution in [0.4, 0.5) is 0 Å². The molecule has 0 saturated carbocycles. The van der Waals surface area contributed by atoms with Gasteiger partial charge in [0, 0.05) is 0 Å². The largest absolute Gasteiger partial charge is 0.304 e. The van der Waals surface area contributed by atoms with Gasteiger partial charge in [0.05, 0.1) is 0 Å². The summed E-state index contributed by atoms with van der Waals surface area (Å²) in [5.41, 5.74) is 11.2. The van der Waals surface area contributed by atoms with Crippen LogP contribution in [-0.2, 0) is 4.79 Å². The molecule has 3 aromatic carbocycles. The van der Waals surface area contributed by atoms with Crippen molar-refractivity contribution in [2.75, 3.05) is 65.6 Å². The Balaban J connectivity index is 1.38. The molecule has 0 radical (unpaired) electrons. The van der Waals surface area contributed by atoms with Gasteiger partial charge < -0.3 is 11.5 Å². The van der Waals surface area contributed by atoms with E-state index in [4.69, 9.17) is 11.5 Å². The molecule has 1 aliphatic rings. The van der Waals surface area contributed by atoms with E-state index in [1.807, 2.05) is 0 Å². The summed E-state index contributed by atoms with van der Waals surface area (Å²) in [4.78, 5) is 18.8. The second kappa shape index (κ2) is 13.9. The van der Waals surface area contributed by atoms with Gasteiger partial charge in [-0.2, -0.15) is 0 Å². The number of hydrogen-bond donors (Lipinski definition) is 3. The zero-order chi connectivity index (χ0) is 26.8. The molecular weight excluding hydrogens is 491 g/mol. The summed E-state index contributed by atoms with van der Waals surface area (Å²) in [6.07, 6.45) is 0.513. The Morgan fingerprint density at radius 2 is 1.21 bits per heavy atom. The predicted octanol–water partition coefficient (Wildman–Crippen LogP) is 0.579. The van der Waals surface area contributed by atoms with E-state index in [0.29, 0.717) is 6.54 Å². The summed E-state index contributed by atoms with van der Waals surface area (Å²) in [7, 11) is -0.460. The van der Waals surface area contributed by atoms with Crippen LogP contribution in [-0.4, -0.2) is 92.5 Å². The Labute approximate surface area is 228 Å². The first-order valence-corrected chi connectivity index (χ1v) is 15.8. The summed E-state index contributed by atoms with van der Waals surface area (Å²) >= 11 is 0. The third kappa shape index (κ3) is 7.26. The fourth-order valence-electron chi connectivity index (χ4n) is 5.40. The second-order valence-electron chi connectivity index (χ2n) is 10.2. The number of hydrogen-bond acceptors (Lipinski definition) is 6. The van der Waals surface area contributed by atoms with E-state index >= 15 is 0 Å². The van der Waals surface area contributed by atoms with Crippen molar-refractivity contribution in [1.29, 1.82) is 0 Å². The Kier molecular flexibility index (Phi) is 10.4. The molecule has 1 saturated heterocycles. The van der Waals surface area contributed by atoms with E-state index in [1.165, 1.54) is 15.9 Å². The summed E-state index contributed by atoms with van der Waals surface area (Å²) in [5, 5.41) is 7.38. The van der Waals surface area contributed by atoms with E-state index in [2.05, 4.69) is 106 Å². The maximum absolute atomic E-state index is 12.1. The van der Waals surface area contributed by atoms with Crippen molar-refractivity contribution in [2.24, 2.45) is 11.5 Å². The molecule has 0 unspecified atom stereocenters. The molecule has 1 fully saturated rings. The standard InChI is InChI=1S/C30H43N6OP/c1-34(30(31)32)25-29(37)33-17-18-35-19-21-36(22-20-35)23-24-38(26-11-5-2-6-12-26,27-13-7-3-8-14-27)28-15-9-4-10-16-28/h2-16,30,38H,17-25,31-32H2,1H3,(H,33,37). The fourth-order valence-corrected chi connectivity index (χ4v) is 10.2. The van der Waals surface area contributed by atoms with E-state index in [-0.39, 0.29) is 12.5 Å². The number of rotatable bonds is 12. The molecule has 0 bridgehead atoms. The summed E-state index contributed by atoms with van der Waals surface area (Å²) < 4.78 is 0. The zero-order valence-corrected chi connectivity index (χ0v) is 23.5. The predicted molar refractivity (Wildman–Crippen MR) is 162 cm³/mol. The molecular formula is C30H43N6OP. The third-order valence-corrected chi connectivity index (χ3v) is 12.7. The topological polar surface area (TPSA) is 90.9 Å². The molecule has 8 heteroatoms. The van der Waals surface area contributed by atoms with Gasteiger partial charge in [0.25, 0.3) is 0 Å². The average Bonchev–Trinajstić information content (AvgIpc) is 2.96. The van der Waals surface area contributed by atoms with Gasteiger partial charge in [-0.1, -0.05) is 0 Å². The van der Waals surface area contributed by atoms with Gasteiger partial charge in [-0.05, 0) is 7.05 Å². The molecule has 38 heavy (non-hydrogen) atoms. The number of carbonyl (C=O) groups is 1. The molecule has 1 amide bonds. The van der Waals surface area contributed by atoms with Crippen molar-refractivity contribution < 1.29 is 4.79 Å². The first kappa shape index (κ1) is 28.4. The molecule has 1 heterocycles. The maximum Gasteiger partial charge on any atom is 0.109 e. The fraction of sp³-hybridized carbons (Fsp3) is 0.367. The minimum Gasteiger partial charge on any atom is -0.304 e. The number of likely N-dealkylation sites (N-methyl/N-ethyl adjacent to an activating group) is 1. The first-order valence-electron chi connectivity index (χ1n) is 13.6. The molecule has 5 N–H and O–H groups in total. The number of benzene rings is 3. The summed E-state index contributed by atoms with van der Waals surface area (Å²) in [6, 6.07) is 33.4. The summed E-state index contributed by atoms with van der Waals surface area (Å²) in [6.45, 7) is 6.89. The van der Waals surface area contributed by atoms with Crippen molar-refractivity contribution >= 4 is 29.1 Å². The van der Waals surface area contributed by atoms with Crippen LogP contribution in [0.2, 0.25) is 0 Å². The van der Waals surface area contributed by atoms with E-state index in [0.717, 1.165) is 45.4 Å². The molecule has 1 aliphatic heterocycles. The van der Waals surface area contributed by atoms with Crippen molar-refractivity contribution in [2.45, 2.75) is 6.29 Å². The van der Waals surface area contributed by atoms with Crippen LogP contribution in [0.5, 0.6) is 0 Å². The molecule has 0 spiro atoms. The molecule has 7 nitrogen and oxygen atoms in total. The SMILES string of the molecule is CN(CC(=O)NCCN1CCN(CC[PH](c2ccccc2)(c2ccccc2)c2ccccc2)CC1)C(N)N. The van der Waals surface area contributed by atoms with E-state index < -0.39 is 13.6 Å². The molecule has 3 aromatic rings. The van der Waals surface area contributed by atoms with Crippen LogP contribution in [0, 0.1) is 0 Å². The van der Waals surface area contributed by atoms with Crippen LogP contribution < -0.4 is 32.7 Å². The molecule has 4 rings (SSSR count). The van der Waals surface area contributed by atoms with Gasteiger partial charge in [-0.15, -0.1) is 0 Å². The van der Waals surface area contributed by atoms with Gasteiger partial charge in [-0.25, -0.2) is 0 Å². The van der Waals surface area contributed by atoms with Crippen LogP contribution in [0.25, 0.3) is 0 Å². The van der Waals surface area contributed by atoms with Crippen LogP contribution in [0.15, 0.2) is 91.0 Å². The first-order chi connectivity index (χ1) is 18.5. The van der Waals surface area contributed by atoms with Crippen LogP contribution >= 0.6 is 7.26 Å². The average molecular weight is 535 g/mol. The van der Waals surface area contributed by atoms with Crippen molar-refractivity contribution in [3.05, 3.63) is 91.0 Å². The van der Waals surface area contributed by atoms with Gasteiger partial charge in [0.2, 0.25) is 0 Å². The Hall–Kier alpha value is -2.64. The number of amides is 1. The smallest absolute Gasteiger partial charge is 0.109 e. The number of carbonyl (C=O) groups excluding carboxylic acids is 1. The maximum atomic E-state index is 12.1. The molecule has 0 aromatic heterocycles. The number of nitrogens with one attached hydrogen (secondary N) is 1. The van der Waals surface area contributed by atoms with Crippen LogP contribution in [0.1, 0.15) is 0 Å². The number of nitrogens with zero attached hydrogens (tertiary/aromatic N) is 3. The van der Waals surface area contributed by atoms with Crippen molar-refractivity contribution in [1.82, 2.24) is 20.0 Å². The van der Waals surface area contributed by atoms with Gasteiger partial charge in [0.15, 0.2) is 0 Å². The van der Waals surface area contributed by atoms with E-state index in [1.54, 1.807) is 11.9 Å². The molecule has 0 aliphatic carbocycles. The minimum absolute atomic E-state index is 0.0453. The number of nitrogens with two attached hydrogens (primary N) is 2. The van der Waals surface area contributed by atoms with Crippen LogP contribution in [0.3, 0.4) is 0 Å². The minimum atomic E-state index is -2.20. The van der Waals surface area contributed by atoms with Gasteiger partial charge >= 0.3 is 203 Å². The summed E-state index contributed by atoms with van der Waals surface area (Å²) in [5.74, 6) is -0.0453. The molecule has 0 atom stereocenters. The zero-order valence-electron chi connectivity index (χ0n) is 22.5. The Morgan fingerprint density at radius 3 is 1.63 bits per heavy atom. The normalized spacial score (nSPS) is 15.6.